The van der Waals surface area contributed by atoms with E-state index in [2.05, 4.69) is 10.8 Å². The Kier molecular flexibility index (Phi) is 5.98. The van der Waals surface area contributed by atoms with Gasteiger partial charge in [0.25, 0.3) is 10.2 Å². The first kappa shape index (κ1) is 16.9. The van der Waals surface area contributed by atoms with E-state index in [-0.39, 0.29) is 0 Å². The fourth-order valence-electron chi connectivity index (χ4n) is 1.87. The molecular formula is C14H24N2O3S. The maximum absolute atomic E-state index is 11.6. The number of nitrogens with zero attached hydrogens (tertiary/aromatic N) is 1. The van der Waals surface area contributed by atoms with Crippen LogP contribution < -0.4 is 9.46 Å². The number of ether oxygens (including phenoxy) is 1. The van der Waals surface area contributed by atoms with Gasteiger partial charge in [0.1, 0.15) is 5.75 Å². The molecule has 1 N–H and O–H groups in total. The van der Waals surface area contributed by atoms with Gasteiger partial charge in [0.15, 0.2) is 0 Å². The molecule has 0 bridgehead atoms. The van der Waals surface area contributed by atoms with Crippen molar-refractivity contribution in [1.82, 2.24) is 9.03 Å². The van der Waals surface area contributed by atoms with Crippen molar-refractivity contribution < 1.29 is 13.2 Å². The highest BCUT2D eigenvalue weighted by Crippen LogP contribution is 2.23. The molecule has 0 fully saturated rings. The smallest absolute Gasteiger partial charge is 0.278 e. The second-order valence-corrected chi connectivity index (χ2v) is 6.88. The second kappa shape index (κ2) is 7.06. The van der Waals surface area contributed by atoms with Crippen molar-refractivity contribution >= 4 is 10.2 Å². The van der Waals surface area contributed by atoms with Crippen LogP contribution in [0.3, 0.4) is 0 Å². The van der Waals surface area contributed by atoms with Gasteiger partial charge in [-0.3, -0.25) is 0 Å². The van der Waals surface area contributed by atoms with Gasteiger partial charge in [-0.1, -0.05) is 6.07 Å². The third kappa shape index (κ3) is 4.47. The normalized spacial score (nSPS) is 11.9. The predicted molar refractivity (Wildman–Crippen MR) is 81.4 cm³/mol. The average molecular weight is 300 g/mol. The molecule has 1 aromatic rings. The molecule has 1 rings (SSSR count). The molecule has 0 saturated carbocycles. The molecule has 6 heteroatoms. The van der Waals surface area contributed by atoms with Crippen LogP contribution >= 0.6 is 0 Å². The maximum atomic E-state index is 11.6. The molecule has 0 aliphatic carbocycles. The predicted octanol–water partition coefficient (Wildman–Crippen LogP) is 1.64. The van der Waals surface area contributed by atoms with Crippen LogP contribution in [0.4, 0.5) is 0 Å². The molecule has 114 valence electrons. The number of hydrogen-bond acceptors (Lipinski definition) is 3. The summed E-state index contributed by atoms with van der Waals surface area (Å²) in [6, 6.07) is 4.07. The van der Waals surface area contributed by atoms with Gasteiger partial charge in [-0.05, 0) is 49.9 Å². The van der Waals surface area contributed by atoms with Crippen molar-refractivity contribution in [3.8, 4) is 5.75 Å². The number of nitrogens with one attached hydrogen (secondary N) is 1. The first-order chi connectivity index (χ1) is 9.27. The van der Waals surface area contributed by atoms with Crippen molar-refractivity contribution in [3.63, 3.8) is 0 Å². The van der Waals surface area contributed by atoms with Crippen molar-refractivity contribution in [3.05, 3.63) is 28.8 Å². The first-order valence-electron chi connectivity index (χ1n) is 6.68. The van der Waals surface area contributed by atoms with Crippen LogP contribution in [0.2, 0.25) is 0 Å². The number of rotatable bonds is 7. The Bertz CT molecular complexity index is 554. The Morgan fingerprint density at radius 3 is 2.40 bits per heavy atom. The summed E-state index contributed by atoms with van der Waals surface area (Å²) in [7, 11) is -0.332. The van der Waals surface area contributed by atoms with E-state index in [1.165, 1.54) is 18.4 Å². The Morgan fingerprint density at radius 2 is 1.85 bits per heavy atom. The summed E-state index contributed by atoms with van der Waals surface area (Å²) in [6.45, 7) is 6.99. The molecular weight excluding hydrogens is 276 g/mol. The van der Waals surface area contributed by atoms with E-state index in [9.17, 15) is 8.42 Å². The topological polar surface area (TPSA) is 58.6 Å². The number of aryl methyl sites for hydroxylation is 2. The molecule has 20 heavy (non-hydrogen) atoms. The summed E-state index contributed by atoms with van der Waals surface area (Å²) in [5.74, 6) is 0.891. The van der Waals surface area contributed by atoms with Gasteiger partial charge in [0.05, 0.1) is 6.61 Å². The molecule has 0 amide bonds. The summed E-state index contributed by atoms with van der Waals surface area (Å²) < 4.78 is 32.5. The van der Waals surface area contributed by atoms with Gasteiger partial charge in [-0.25, -0.2) is 4.72 Å². The molecule has 1 aromatic carbocycles. The fourth-order valence-corrected chi connectivity index (χ4v) is 2.49. The third-order valence-corrected chi connectivity index (χ3v) is 4.62. The van der Waals surface area contributed by atoms with Crippen LogP contribution in [0.15, 0.2) is 12.1 Å². The summed E-state index contributed by atoms with van der Waals surface area (Å²) in [6.07, 6.45) is 0.659. The van der Waals surface area contributed by atoms with E-state index in [1.54, 1.807) is 0 Å². The van der Waals surface area contributed by atoms with E-state index in [1.807, 2.05) is 26.8 Å². The highest BCUT2D eigenvalue weighted by Gasteiger charge is 2.12. The summed E-state index contributed by atoms with van der Waals surface area (Å²) in [5, 5.41) is 0. The van der Waals surface area contributed by atoms with E-state index in [0.29, 0.717) is 19.6 Å². The minimum atomic E-state index is -3.35. The number of hydrogen-bond donors (Lipinski definition) is 1. The standard InChI is InChI=1S/C14H24N2O3S/c1-6-19-14-10-11(2)13(9-12(14)3)7-8-15-20(17,18)16(4)5/h9-10,15H,6-8H2,1-5H3. The van der Waals surface area contributed by atoms with Crippen LogP contribution in [-0.2, 0) is 16.6 Å². The highest BCUT2D eigenvalue weighted by atomic mass is 32.2. The fraction of sp³-hybridized carbons (Fsp3) is 0.571. The van der Waals surface area contributed by atoms with Crippen molar-refractivity contribution in [1.29, 1.82) is 0 Å². The van der Waals surface area contributed by atoms with E-state index in [4.69, 9.17) is 4.74 Å². The van der Waals surface area contributed by atoms with E-state index in [0.717, 1.165) is 22.4 Å². The minimum absolute atomic E-state index is 0.384. The van der Waals surface area contributed by atoms with Crippen molar-refractivity contribution in [2.75, 3.05) is 27.2 Å². The Balaban J connectivity index is 2.72. The molecule has 0 aliphatic rings. The lowest BCUT2D eigenvalue weighted by Gasteiger charge is -2.14. The van der Waals surface area contributed by atoms with Gasteiger partial charge in [-0.2, -0.15) is 12.7 Å². The van der Waals surface area contributed by atoms with Crippen LogP contribution in [0, 0.1) is 13.8 Å². The van der Waals surface area contributed by atoms with E-state index >= 15 is 0 Å². The van der Waals surface area contributed by atoms with E-state index < -0.39 is 10.2 Å². The van der Waals surface area contributed by atoms with Crippen LogP contribution in [0.5, 0.6) is 5.75 Å². The SMILES string of the molecule is CCOc1cc(C)c(CCNS(=O)(=O)N(C)C)cc1C. The minimum Gasteiger partial charge on any atom is -0.494 e. The van der Waals surface area contributed by atoms with Gasteiger partial charge < -0.3 is 4.74 Å². The zero-order chi connectivity index (χ0) is 15.3. The van der Waals surface area contributed by atoms with Crippen molar-refractivity contribution in [2.24, 2.45) is 0 Å². The zero-order valence-corrected chi connectivity index (χ0v) is 13.7. The Morgan fingerprint density at radius 1 is 1.20 bits per heavy atom. The highest BCUT2D eigenvalue weighted by molar-refractivity contribution is 7.87. The maximum Gasteiger partial charge on any atom is 0.278 e. The van der Waals surface area contributed by atoms with Gasteiger partial charge >= 0.3 is 0 Å². The molecule has 0 saturated heterocycles. The second-order valence-electron chi connectivity index (χ2n) is 4.91. The zero-order valence-electron chi connectivity index (χ0n) is 12.9. The van der Waals surface area contributed by atoms with Crippen LogP contribution in [0.1, 0.15) is 23.6 Å². The van der Waals surface area contributed by atoms with Gasteiger partial charge in [0, 0.05) is 20.6 Å². The lowest BCUT2D eigenvalue weighted by molar-refractivity contribution is 0.337. The molecule has 0 radical (unpaired) electrons. The van der Waals surface area contributed by atoms with Crippen molar-refractivity contribution in [2.45, 2.75) is 27.2 Å². The molecule has 0 aromatic heterocycles. The Labute approximate surface area is 122 Å². The van der Waals surface area contributed by atoms with Crippen LogP contribution in [-0.4, -0.2) is 40.0 Å². The summed E-state index contributed by atoms with van der Waals surface area (Å²) in [4.78, 5) is 0. The lowest BCUT2D eigenvalue weighted by atomic mass is 10.0. The lowest BCUT2D eigenvalue weighted by Crippen LogP contribution is -2.36. The van der Waals surface area contributed by atoms with Gasteiger partial charge in [-0.15, -0.1) is 0 Å². The quantitative estimate of drug-likeness (QED) is 0.833. The first-order valence-corrected chi connectivity index (χ1v) is 8.12. The average Bonchev–Trinajstić information content (AvgIpc) is 2.35. The molecule has 0 aliphatic heterocycles. The summed E-state index contributed by atoms with van der Waals surface area (Å²) in [5.41, 5.74) is 3.32. The molecule has 0 atom stereocenters. The monoisotopic (exact) mass is 300 g/mol. The molecule has 0 spiro atoms. The molecule has 5 nitrogen and oxygen atoms in total. The van der Waals surface area contributed by atoms with Gasteiger partial charge in [0.2, 0.25) is 0 Å². The summed E-state index contributed by atoms with van der Waals surface area (Å²) >= 11 is 0. The number of benzene rings is 1. The van der Waals surface area contributed by atoms with Crippen LogP contribution in [0.25, 0.3) is 0 Å². The molecule has 0 unspecified atom stereocenters. The Hall–Kier alpha value is -1.11. The molecule has 0 heterocycles. The largest absolute Gasteiger partial charge is 0.494 e. The third-order valence-electron chi connectivity index (χ3n) is 3.09.